The maximum Gasteiger partial charge on any atom is 0.0641 e. The zero-order chi connectivity index (χ0) is 12.1. The van der Waals surface area contributed by atoms with Gasteiger partial charge in [0.05, 0.1) is 12.3 Å². The number of hydrogen-bond acceptors (Lipinski definition) is 3. The van der Waals surface area contributed by atoms with Gasteiger partial charge in [-0.1, -0.05) is 6.92 Å². The second kappa shape index (κ2) is 6.01. The molecule has 0 fully saturated rings. The Hall–Kier alpha value is -0.870. The number of aliphatic hydroxyl groups excluding tert-OH is 1. The van der Waals surface area contributed by atoms with Gasteiger partial charge in [-0.25, -0.2) is 0 Å². The topological polar surface area (TPSA) is 50.1 Å². The predicted octanol–water partition coefficient (Wildman–Crippen LogP) is 1.38. The van der Waals surface area contributed by atoms with Crippen LogP contribution in [0.15, 0.2) is 0 Å². The van der Waals surface area contributed by atoms with Gasteiger partial charge in [-0.15, -0.1) is 0 Å². The van der Waals surface area contributed by atoms with Crippen LogP contribution in [0.5, 0.6) is 0 Å². The molecule has 1 rings (SSSR count). The number of aliphatic hydroxyl groups is 1. The number of aromatic nitrogens is 2. The fourth-order valence-electron chi connectivity index (χ4n) is 1.88. The largest absolute Gasteiger partial charge is 0.395 e. The summed E-state index contributed by atoms with van der Waals surface area (Å²) in [5.41, 5.74) is 3.56. The van der Waals surface area contributed by atoms with Crippen molar-refractivity contribution < 1.29 is 5.11 Å². The Morgan fingerprint density at radius 3 is 2.50 bits per heavy atom. The first-order valence-corrected chi connectivity index (χ1v) is 6.01. The van der Waals surface area contributed by atoms with Crippen molar-refractivity contribution >= 4 is 0 Å². The first-order chi connectivity index (χ1) is 7.63. The van der Waals surface area contributed by atoms with Crippen molar-refractivity contribution in [2.24, 2.45) is 0 Å². The molecule has 4 heteroatoms. The minimum absolute atomic E-state index is 0.184. The molecule has 0 aromatic carbocycles. The minimum atomic E-state index is 0.184. The molecule has 0 saturated carbocycles. The summed E-state index contributed by atoms with van der Waals surface area (Å²) in [4.78, 5) is 0. The number of rotatable bonds is 6. The van der Waals surface area contributed by atoms with Gasteiger partial charge >= 0.3 is 0 Å². The van der Waals surface area contributed by atoms with E-state index in [0.29, 0.717) is 0 Å². The zero-order valence-electron chi connectivity index (χ0n) is 10.7. The maximum absolute atomic E-state index is 9.11. The Morgan fingerprint density at radius 2 is 2.06 bits per heavy atom. The van der Waals surface area contributed by atoms with Gasteiger partial charge in [-0.3, -0.25) is 4.68 Å². The van der Waals surface area contributed by atoms with Crippen LogP contribution in [0.1, 0.15) is 37.2 Å². The third-order valence-corrected chi connectivity index (χ3v) is 3.11. The lowest BCUT2D eigenvalue weighted by Gasteiger charge is -2.14. The summed E-state index contributed by atoms with van der Waals surface area (Å²) in [6, 6.07) is 0.184. The number of aryl methyl sites for hydroxylation is 2. The van der Waals surface area contributed by atoms with E-state index in [1.54, 1.807) is 0 Å². The van der Waals surface area contributed by atoms with Crippen LogP contribution in [0.2, 0.25) is 0 Å². The van der Waals surface area contributed by atoms with Gasteiger partial charge in [-0.2, -0.15) is 5.10 Å². The molecule has 1 aromatic heterocycles. The molecule has 4 nitrogen and oxygen atoms in total. The molecule has 0 aliphatic heterocycles. The first-order valence-electron chi connectivity index (χ1n) is 6.01. The van der Waals surface area contributed by atoms with Crippen molar-refractivity contribution in [2.75, 3.05) is 6.61 Å². The molecule has 0 spiro atoms. The van der Waals surface area contributed by atoms with Crippen LogP contribution >= 0.6 is 0 Å². The Labute approximate surface area is 97.7 Å². The van der Waals surface area contributed by atoms with Crippen LogP contribution < -0.4 is 5.32 Å². The van der Waals surface area contributed by atoms with Crippen molar-refractivity contribution in [2.45, 2.75) is 53.2 Å². The molecule has 92 valence electrons. The van der Waals surface area contributed by atoms with E-state index >= 15 is 0 Å². The standard InChI is InChI=1S/C12H23N3O/c1-5-11(8-16)13-7-12-9(3)14-15(6-2)10(12)4/h11,13,16H,5-8H2,1-4H3/t11-/m1/s1. The van der Waals surface area contributed by atoms with Crippen LogP contribution in [-0.2, 0) is 13.1 Å². The molecule has 0 radical (unpaired) electrons. The highest BCUT2D eigenvalue weighted by Gasteiger charge is 2.11. The average molecular weight is 225 g/mol. The van der Waals surface area contributed by atoms with Crippen LogP contribution in [-0.4, -0.2) is 27.5 Å². The van der Waals surface area contributed by atoms with Crippen molar-refractivity contribution in [3.8, 4) is 0 Å². The highest BCUT2D eigenvalue weighted by molar-refractivity contribution is 5.24. The molecule has 0 aliphatic rings. The van der Waals surface area contributed by atoms with Crippen LogP contribution in [0.3, 0.4) is 0 Å². The van der Waals surface area contributed by atoms with Crippen molar-refractivity contribution in [1.82, 2.24) is 15.1 Å². The van der Waals surface area contributed by atoms with Gasteiger partial charge in [0.1, 0.15) is 0 Å². The summed E-state index contributed by atoms with van der Waals surface area (Å²) in [6.45, 7) is 10.2. The monoisotopic (exact) mass is 225 g/mol. The summed E-state index contributed by atoms with van der Waals surface area (Å²) in [7, 11) is 0. The van der Waals surface area contributed by atoms with Crippen molar-refractivity contribution in [3.05, 3.63) is 17.0 Å². The molecular weight excluding hydrogens is 202 g/mol. The fourth-order valence-corrected chi connectivity index (χ4v) is 1.88. The summed E-state index contributed by atoms with van der Waals surface area (Å²) in [6.07, 6.45) is 0.941. The van der Waals surface area contributed by atoms with Crippen LogP contribution in [0.4, 0.5) is 0 Å². The maximum atomic E-state index is 9.11. The summed E-state index contributed by atoms with van der Waals surface area (Å²) >= 11 is 0. The van der Waals surface area contributed by atoms with E-state index in [0.717, 1.165) is 25.2 Å². The Balaban J connectivity index is 2.69. The molecule has 1 heterocycles. The third-order valence-electron chi connectivity index (χ3n) is 3.11. The quantitative estimate of drug-likeness (QED) is 0.769. The molecular formula is C12H23N3O. The first kappa shape index (κ1) is 13.2. The normalized spacial score (nSPS) is 13.1. The van der Waals surface area contributed by atoms with E-state index in [-0.39, 0.29) is 12.6 Å². The Kier molecular flexibility index (Phi) is 4.96. The van der Waals surface area contributed by atoms with E-state index < -0.39 is 0 Å². The van der Waals surface area contributed by atoms with Gasteiger partial charge in [-0.05, 0) is 27.2 Å². The molecule has 0 unspecified atom stereocenters. The molecule has 0 bridgehead atoms. The van der Waals surface area contributed by atoms with E-state index in [1.165, 1.54) is 11.3 Å². The van der Waals surface area contributed by atoms with Gasteiger partial charge in [0.15, 0.2) is 0 Å². The summed E-state index contributed by atoms with van der Waals surface area (Å²) in [5.74, 6) is 0. The second-order valence-corrected chi connectivity index (χ2v) is 4.13. The second-order valence-electron chi connectivity index (χ2n) is 4.13. The van der Waals surface area contributed by atoms with E-state index in [9.17, 15) is 0 Å². The lowest BCUT2D eigenvalue weighted by molar-refractivity contribution is 0.238. The SMILES string of the molecule is CC[C@H](CO)NCc1c(C)nn(CC)c1C. The van der Waals surface area contributed by atoms with Gasteiger partial charge in [0.2, 0.25) is 0 Å². The summed E-state index contributed by atoms with van der Waals surface area (Å²) < 4.78 is 2.02. The zero-order valence-corrected chi connectivity index (χ0v) is 10.7. The van der Waals surface area contributed by atoms with Crippen LogP contribution in [0.25, 0.3) is 0 Å². The average Bonchev–Trinajstić information content (AvgIpc) is 2.56. The molecule has 0 saturated heterocycles. The van der Waals surface area contributed by atoms with Gasteiger partial charge < -0.3 is 10.4 Å². The van der Waals surface area contributed by atoms with Crippen molar-refractivity contribution in [3.63, 3.8) is 0 Å². The molecule has 2 N–H and O–H groups in total. The number of nitrogens with one attached hydrogen (secondary N) is 1. The molecule has 0 aliphatic carbocycles. The smallest absolute Gasteiger partial charge is 0.0641 e. The minimum Gasteiger partial charge on any atom is -0.395 e. The number of hydrogen-bond donors (Lipinski definition) is 2. The lowest BCUT2D eigenvalue weighted by Crippen LogP contribution is -2.31. The highest BCUT2D eigenvalue weighted by Crippen LogP contribution is 2.12. The highest BCUT2D eigenvalue weighted by atomic mass is 16.3. The van der Waals surface area contributed by atoms with Gasteiger partial charge in [0.25, 0.3) is 0 Å². The molecule has 1 aromatic rings. The van der Waals surface area contributed by atoms with E-state index in [2.05, 4.69) is 31.2 Å². The summed E-state index contributed by atoms with van der Waals surface area (Å²) in [5, 5.41) is 16.9. The molecule has 1 atom stereocenters. The molecule has 16 heavy (non-hydrogen) atoms. The molecule has 0 amide bonds. The van der Waals surface area contributed by atoms with E-state index in [4.69, 9.17) is 5.11 Å². The van der Waals surface area contributed by atoms with Gasteiger partial charge in [0, 0.05) is 30.4 Å². The third kappa shape index (κ3) is 2.83. The Morgan fingerprint density at radius 1 is 1.38 bits per heavy atom. The fraction of sp³-hybridized carbons (Fsp3) is 0.750. The Bertz CT molecular complexity index is 329. The predicted molar refractivity (Wildman–Crippen MR) is 65.4 cm³/mol. The number of nitrogens with zero attached hydrogens (tertiary/aromatic N) is 2. The lowest BCUT2D eigenvalue weighted by atomic mass is 10.1. The van der Waals surface area contributed by atoms with Crippen molar-refractivity contribution in [1.29, 1.82) is 0 Å². The van der Waals surface area contributed by atoms with E-state index in [1.807, 2.05) is 11.6 Å². The van der Waals surface area contributed by atoms with Crippen LogP contribution in [0, 0.1) is 13.8 Å².